The number of carbonyl (C=O) groups excluding carboxylic acids is 2. The first kappa shape index (κ1) is 18.7. The van der Waals surface area contributed by atoms with Crippen molar-refractivity contribution in [1.82, 2.24) is 5.32 Å². The van der Waals surface area contributed by atoms with Crippen LogP contribution in [0.5, 0.6) is 5.75 Å². The zero-order chi connectivity index (χ0) is 17.4. The van der Waals surface area contributed by atoms with Crippen molar-refractivity contribution in [3.8, 4) is 5.75 Å². The molecule has 1 aromatic rings. The van der Waals surface area contributed by atoms with E-state index >= 15 is 0 Å². The van der Waals surface area contributed by atoms with Crippen LogP contribution in [-0.4, -0.2) is 35.9 Å². The molecular weight excluding hydrogens is 298 g/mol. The summed E-state index contributed by atoms with van der Waals surface area (Å²) in [6.45, 7) is 3.40. The van der Waals surface area contributed by atoms with Crippen LogP contribution in [0.15, 0.2) is 18.2 Å². The fourth-order valence-electron chi connectivity index (χ4n) is 2.22. The summed E-state index contributed by atoms with van der Waals surface area (Å²) in [7, 11) is 1.48. The smallest absolute Gasteiger partial charge is 0.326 e. The van der Waals surface area contributed by atoms with Gasteiger partial charge in [0.25, 0.3) is 0 Å². The van der Waals surface area contributed by atoms with Crippen LogP contribution >= 0.6 is 0 Å². The van der Waals surface area contributed by atoms with E-state index in [2.05, 4.69) is 5.32 Å². The minimum Gasteiger partial charge on any atom is -0.496 e. The summed E-state index contributed by atoms with van der Waals surface area (Å²) in [5.74, 6) is -1.07. The number of aliphatic carboxylic acids is 1. The molecule has 6 nitrogen and oxygen atoms in total. The molecule has 0 aliphatic rings. The molecule has 0 spiro atoms. The van der Waals surface area contributed by atoms with Crippen molar-refractivity contribution in [3.05, 3.63) is 29.3 Å². The van der Waals surface area contributed by atoms with Crippen LogP contribution in [-0.2, 0) is 16.0 Å². The Morgan fingerprint density at radius 3 is 2.52 bits per heavy atom. The molecule has 1 rings (SSSR count). The number of rotatable bonds is 9. The van der Waals surface area contributed by atoms with Crippen LogP contribution < -0.4 is 10.1 Å². The Bertz CT molecular complexity index is 582. The van der Waals surface area contributed by atoms with Gasteiger partial charge in [-0.2, -0.15) is 0 Å². The van der Waals surface area contributed by atoms with E-state index in [9.17, 15) is 14.4 Å². The Balaban J connectivity index is 2.84. The first-order valence-corrected chi connectivity index (χ1v) is 7.59. The Kier molecular flexibility index (Phi) is 7.25. The predicted octanol–water partition coefficient (Wildman–Crippen LogP) is 2.20. The SMILES string of the molecule is CCCCC(NC(=O)Cc1cc(C(C)=O)ccc1OC)C(=O)O. The number of unbranched alkanes of at least 4 members (excludes halogenated alkanes) is 1. The Labute approximate surface area is 135 Å². The molecule has 23 heavy (non-hydrogen) atoms. The maximum atomic E-state index is 12.1. The molecule has 1 aromatic carbocycles. The van der Waals surface area contributed by atoms with Gasteiger partial charge >= 0.3 is 5.97 Å². The third-order valence-electron chi connectivity index (χ3n) is 3.52. The summed E-state index contributed by atoms with van der Waals surface area (Å²) in [6.07, 6.45) is 1.93. The Hall–Kier alpha value is -2.37. The highest BCUT2D eigenvalue weighted by Gasteiger charge is 2.20. The fraction of sp³-hybridized carbons (Fsp3) is 0.471. The summed E-state index contributed by atoms with van der Waals surface area (Å²) < 4.78 is 5.19. The van der Waals surface area contributed by atoms with E-state index in [1.807, 2.05) is 6.92 Å². The van der Waals surface area contributed by atoms with Gasteiger partial charge in [-0.15, -0.1) is 0 Å². The molecule has 0 fully saturated rings. The normalized spacial score (nSPS) is 11.6. The second-order valence-corrected chi connectivity index (χ2v) is 5.36. The fourth-order valence-corrected chi connectivity index (χ4v) is 2.22. The highest BCUT2D eigenvalue weighted by Crippen LogP contribution is 2.21. The van der Waals surface area contributed by atoms with Crippen LogP contribution in [0.1, 0.15) is 49.0 Å². The number of ketones is 1. The van der Waals surface area contributed by atoms with E-state index in [1.54, 1.807) is 18.2 Å². The van der Waals surface area contributed by atoms with E-state index < -0.39 is 17.9 Å². The second-order valence-electron chi connectivity index (χ2n) is 5.36. The van der Waals surface area contributed by atoms with E-state index in [-0.39, 0.29) is 12.2 Å². The number of ether oxygens (including phenoxy) is 1. The zero-order valence-electron chi connectivity index (χ0n) is 13.7. The van der Waals surface area contributed by atoms with Gasteiger partial charge in [0, 0.05) is 11.1 Å². The number of carbonyl (C=O) groups is 3. The molecule has 2 N–H and O–H groups in total. The minimum absolute atomic E-state index is 0.0415. The van der Waals surface area contributed by atoms with E-state index in [4.69, 9.17) is 9.84 Å². The average Bonchev–Trinajstić information content (AvgIpc) is 2.50. The molecule has 0 aromatic heterocycles. The monoisotopic (exact) mass is 321 g/mol. The van der Waals surface area contributed by atoms with E-state index in [0.717, 1.165) is 12.8 Å². The van der Waals surface area contributed by atoms with Gasteiger partial charge < -0.3 is 15.2 Å². The summed E-state index contributed by atoms with van der Waals surface area (Å²) in [5, 5.41) is 11.7. The van der Waals surface area contributed by atoms with Crippen molar-refractivity contribution in [3.63, 3.8) is 0 Å². The first-order valence-electron chi connectivity index (χ1n) is 7.59. The number of benzene rings is 1. The van der Waals surface area contributed by atoms with Crippen molar-refractivity contribution in [2.45, 2.75) is 45.6 Å². The summed E-state index contributed by atoms with van der Waals surface area (Å²) in [4.78, 5) is 34.7. The molecule has 0 saturated carbocycles. The van der Waals surface area contributed by atoms with E-state index in [1.165, 1.54) is 14.0 Å². The molecule has 1 unspecified atom stereocenters. The van der Waals surface area contributed by atoms with Crippen LogP contribution in [0.25, 0.3) is 0 Å². The quantitative estimate of drug-likeness (QED) is 0.680. The number of carboxylic acid groups (broad SMARTS) is 1. The number of hydrogen-bond acceptors (Lipinski definition) is 4. The lowest BCUT2D eigenvalue weighted by molar-refractivity contribution is -0.142. The molecule has 0 saturated heterocycles. The molecule has 0 aliphatic heterocycles. The maximum Gasteiger partial charge on any atom is 0.326 e. The maximum absolute atomic E-state index is 12.1. The van der Waals surface area contributed by atoms with Gasteiger partial charge in [0.2, 0.25) is 5.91 Å². The third kappa shape index (κ3) is 5.73. The molecular formula is C17H23NO5. The lowest BCUT2D eigenvalue weighted by Gasteiger charge is -2.15. The number of amides is 1. The molecule has 126 valence electrons. The number of methoxy groups -OCH3 is 1. The molecule has 0 bridgehead atoms. The highest BCUT2D eigenvalue weighted by molar-refractivity contribution is 5.95. The molecule has 1 amide bonds. The second kappa shape index (κ2) is 8.92. The standard InChI is InChI=1S/C17H23NO5/c1-4-5-6-14(17(21)22)18-16(20)10-13-9-12(11(2)19)7-8-15(13)23-3/h7-9,14H,4-6,10H2,1-3H3,(H,18,20)(H,21,22). The van der Waals surface area contributed by atoms with Gasteiger partial charge in [0.05, 0.1) is 13.5 Å². The Morgan fingerprint density at radius 1 is 1.30 bits per heavy atom. The summed E-state index contributed by atoms with van der Waals surface area (Å²) in [5.41, 5.74) is 1.03. The summed E-state index contributed by atoms with van der Waals surface area (Å²) >= 11 is 0. The Morgan fingerprint density at radius 2 is 2.00 bits per heavy atom. The first-order chi connectivity index (χ1) is 10.9. The molecule has 6 heteroatoms. The van der Waals surface area contributed by atoms with Crippen molar-refractivity contribution in [2.75, 3.05) is 7.11 Å². The number of carboxylic acids is 1. The molecule has 0 aliphatic carbocycles. The van der Waals surface area contributed by atoms with Gasteiger partial charge in [-0.25, -0.2) is 4.79 Å². The van der Waals surface area contributed by atoms with Crippen LogP contribution in [0.4, 0.5) is 0 Å². The largest absolute Gasteiger partial charge is 0.496 e. The van der Waals surface area contributed by atoms with Gasteiger partial charge in [0.15, 0.2) is 5.78 Å². The molecule has 0 radical (unpaired) electrons. The van der Waals surface area contributed by atoms with Gasteiger partial charge in [0.1, 0.15) is 11.8 Å². The number of hydrogen-bond donors (Lipinski definition) is 2. The van der Waals surface area contributed by atoms with Gasteiger partial charge in [-0.1, -0.05) is 19.8 Å². The van der Waals surface area contributed by atoms with Crippen LogP contribution in [0.3, 0.4) is 0 Å². The highest BCUT2D eigenvalue weighted by atomic mass is 16.5. The van der Waals surface area contributed by atoms with Gasteiger partial charge in [-0.3, -0.25) is 9.59 Å². The average molecular weight is 321 g/mol. The summed E-state index contributed by atoms with van der Waals surface area (Å²) in [6, 6.07) is 3.96. The topological polar surface area (TPSA) is 92.7 Å². The number of Topliss-reactive ketones (excluding diaryl/α,β-unsaturated/α-hetero) is 1. The number of nitrogens with one attached hydrogen (secondary N) is 1. The zero-order valence-corrected chi connectivity index (χ0v) is 13.7. The van der Waals surface area contributed by atoms with Crippen LogP contribution in [0.2, 0.25) is 0 Å². The van der Waals surface area contributed by atoms with Gasteiger partial charge in [-0.05, 0) is 31.5 Å². The van der Waals surface area contributed by atoms with E-state index in [0.29, 0.717) is 23.3 Å². The van der Waals surface area contributed by atoms with Crippen molar-refractivity contribution in [2.24, 2.45) is 0 Å². The van der Waals surface area contributed by atoms with Crippen LogP contribution in [0, 0.1) is 0 Å². The van der Waals surface area contributed by atoms with Crippen molar-refractivity contribution in [1.29, 1.82) is 0 Å². The lowest BCUT2D eigenvalue weighted by Crippen LogP contribution is -2.41. The lowest BCUT2D eigenvalue weighted by atomic mass is 10.0. The molecule has 0 heterocycles. The van der Waals surface area contributed by atoms with Crippen molar-refractivity contribution < 1.29 is 24.2 Å². The third-order valence-corrected chi connectivity index (χ3v) is 3.52. The minimum atomic E-state index is -1.05. The molecule has 1 atom stereocenters. The predicted molar refractivity (Wildman–Crippen MR) is 85.8 cm³/mol. The van der Waals surface area contributed by atoms with Crippen molar-refractivity contribution >= 4 is 17.7 Å².